The molecule has 3 heteroatoms. The molecule has 2 rings (SSSR count). The van der Waals surface area contributed by atoms with Gasteiger partial charge in [0.1, 0.15) is 11.5 Å². The molecule has 0 aromatic heterocycles. The zero-order valence-electron chi connectivity index (χ0n) is 9.20. The topological polar surface area (TPSA) is 9.23 Å². The molecule has 0 bridgehead atoms. The van der Waals surface area contributed by atoms with Crippen LogP contribution in [0.1, 0.15) is 11.1 Å². The summed E-state index contributed by atoms with van der Waals surface area (Å²) in [5.74, 6) is 1.86. The summed E-state index contributed by atoms with van der Waals surface area (Å²) >= 11 is 4.78. The van der Waals surface area contributed by atoms with Gasteiger partial charge in [-0.25, -0.2) is 0 Å². The van der Waals surface area contributed by atoms with Crippen molar-refractivity contribution in [2.75, 3.05) is 0 Å². The maximum Gasteiger partial charge on any atom is 0.131 e. The summed E-state index contributed by atoms with van der Waals surface area (Å²) in [5.41, 5.74) is 2.65. The number of alkyl halides is 2. The largest absolute Gasteiger partial charge is 0.457 e. The van der Waals surface area contributed by atoms with Gasteiger partial charge in [0.2, 0.25) is 0 Å². The van der Waals surface area contributed by atoms with Crippen LogP contribution in [0.3, 0.4) is 0 Å². The molecule has 0 saturated heterocycles. The SMILES string of the molecule is ICc1cccc(Oc2ccccc2)c1CI. The molecule has 0 aliphatic heterocycles. The van der Waals surface area contributed by atoms with Crippen molar-refractivity contribution in [1.82, 2.24) is 0 Å². The van der Waals surface area contributed by atoms with Crippen LogP contribution in [-0.2, 0) is 8.86 Å². The van der Waals surface area contributed by atoms with E-state index in [2.05, 4.69) is 57.3 Å². The highest BCUT2D eigenvalue weighted by molar-refractivity contribution is 14.1. The highest BCUT2D eigenvalue weighted by Gasteiger charge is 2.08. The minimum Gasteiger partial charge on any atom is -0.457 e. The van der Waals surface area contributed by atoms with Gasteiger partial charge < -0.3 is 4.74 Å². The van der Waals surface area contributed by atoms with Gasteiger partial charge in [-0.15, -0.1) is 0 Å². The van der Waals surface area contributed by atoms with Gasteiger partial charge in [0, 0.05) is 14.4 Å². The lowest BCUT2D eigenvalue weighted by atomic mass is 10.1. The summed E-state index contributed by atoms with van der Waals surface area (Å²) in [4.78, 5) is 0. The molecule has 88 valence electrons. The second-order valence-electron chi connectivity index (χ2n) is 3.58. The molecule has 0 N–H and O–H groups in total. The molecule has 2 aromatic rings. The van der Waals surface area contributed by atoms with E-state index in [1.807, 2.05) is 36.4 Å². The maximum atomic E-state index is 5.93. The lowest BCUT2D eigenvalue weighted by Gasteiger charge is -2.12. The summed E-state index contributed by atoms with van der Waals surface area (Å²) in [7, 11) is 0. The van der Waals surface area contributed by atoms with Gasteiger partial charge in [-0.1, -0.05) is 75.5 Å². The lowest BCUT2D eigenvalue weighted by Crippen LogP contribution is -1.93. The van der Waals surface area contributed by atoms with Crippen LogP contribution in [0.15, 0.2) is 48.5 Å². The second-order valence-corrected chi connectivity index (χ2v) is 5.10. The number of ether oxygens (including phenoxy) is 1. The van der Waals surface area contributed by atoms with Crippen molar-refractivity contribution in [2.24, 2.45) is 0 Å². The first-order valence-electron chi connectivity index (χ1n) is 5.30. The Labute approximate surface area is 129 Å². The van der Waals surface area contributed by atoms with Crippen molar-refractivity contribution in [1.29, 1.82) is 0 Å². The molecule has 0 atom stereocenters. The molecular formula is C14H12I2O. The number of rotatable bonds is 4. The van der Waals surface area contributed by atoms with E-state index >= 15 is 0 Å². The number of hydrogen-bond acceptors (Lipinski definition) is 1. The van der Waals surface area contributed by atoms with Crippen LogP contribution < -0.4 is 4.74 Å². The van der Waals surface area contributed by atoms with E-state index in [0.717, 1.165) is 20.4 Å². The Hall–Kier alpha value is -0.300. The highest BCUT2D eigenvalue weighted by atomic mass is 127. The highest BCUT2D eigenvalue weighted by Crippen LogP contribution is 2.30. The van der Waals surface area contributed by atoms with Gasteiger partial charge in [0.05, 0.1) is 0 Å². The molecule has 0 aliphatic carbocycles. The molecule has 0 aliphatic rings. The standard InChI is InChI=1S/C14H12I2O/c15-9-11-5-4-8-14(13(11)10-16)17-12-6-2-1-3-7-12/h1-8H,9-10H2. The van der Waals surface area contributed by atoms with Crippen LogP contribution >= 0.6 is 45.2 Å². The van der Waals surface area contributed by atoms with Crippen LogP contribution in [0, 0.1) is 0 Å². The quantitative estimate of drug-likeness (QED) is 0.451. The first-order chi connectivity index (χ1) is 8.35. The zero-order chi connectivity index (χ0) is 12.1. The van der Waals surface area contributed by atoms with Crippen LogP contribution in [0.4, 0.5) is 0 Å². The summed E-state index contributed by atoms with van der Waals surface area (Å²) in [6.45, 7) is 0. The van der Waals surface area contributed by atoms with E-state index < -0.39 is 0 Å². The molecule has 0 saturated carbocycles. The minimum atomic E-state index is 0.893. The molecule has 17 heavy (non-hydrogen) atoms. The van der Waals surface area contributed by atoms with Crippen LogP contribution in [0.2, 0.25) is 0 Å². The van der Waals surface area contributed by atoms with Gasteiger partial charge in [0.25, 0.3) is 0 Å². The minimum absolute atomic E-state index is 0.893. The molecule has 0 unspecified atom stereocenters. The summed E-state index contributed by atoms with van der Waals surface area (Å²) in [5, 5.41) is 0. The Bertz CT molecular complexity index is 483. The predicted molar refractivity (Wildman–Crippen MR) is 88.4 cm³/mol. The Morgan fingerprint density at radius 3 is 2.24 bits per heavy atom. The van der Waals surface area contributed by atoms with Gasteiger partial charge in [-0.3, -0.25) is 0 Å². The van der Waals surface area contributed by atoms with Crippen molar-refractivity contribution in [3.05, 3.63) is 59.7 Å². The fraction of sp³-hybridized carbons (Fsp3) is 0.143. The molecular weight excluding hydrogens is 438 g/mol. The molecule has 1 nitrogen and oxygen atoms in total. The monoisotopic (exact) mass is 450 g/mol. The zero-order valence-corrected chi connectivity index (χ0v) is 13.5. The number of para-hydroxylation sites is 1. The van der Waals surface area contributed by atoms with Crippen molar-refractivity contribution in [3.63, 3.8) is 0 Å². The second kappa shape index (κ2) is 6.58. The maximum absolute atomic E-state index is 5.93. The number of hydrogen-bond donors (Lipinski definition) is 0. The first kappa shape index (κ1) is 13.1. The van der Waals surface area contributed by atoms with Gasteiger partial charge in [-0.2, -0.15) is 0 Å². The van der Waals surface area contributed by atoms with Crippen molar-refractivity contribution in [2.45, 2.75) is 8.86 Å². The van der Waals surface area contributed by atoms with Crippen molar-refractivity contribution >= 4 is 45.2 Å². The Kier molecular flexibility index (Phi) is 5.09. The van der Waals surface area contributed by atoms with Gasteiger partial charge in [0.15, 0.2) is 0 Å². The first-order valence-corrected chi connectivity index (χ1v) is 8.36. The predicted octanol–water partition coefficient (Wildman–Crippen LogP) is 5.35. The summed E-state index contributed by atoms with van der Waals surface area (Å²) in [6, 6.07) is 16.2. The van der Waals surface area contributed by atoms with Crippen molar-refractivity contribution < 1.29 is 4.74 Å². The van der Waals surface area contributed by atoms with E-state index in [1.165, 1.54) is 11.1 Å². The third-order valence-corrected chi connectivity index (χ3v) is 4.06. The van der Waals surface area contributed by atoms with Crippen LogP contribution in [0.25, 0.3) is 0 Å². The normalized spacial score (nSPS) is 10.2. The fourth-order valence-electron chi connectivity index (χ4n) is 1.60. The smallest absolute Gasteiger partial charge is 0.131 e. The number of benzene rings is 2. The van der Waals surface area contributed by atoms with E-state index in [-0.39, 0.29) is 0 Å². The molecule has 0 amide bonds. The number of halogens is 2. The average Bonchev–Trinajstić information content (AvgIpc) is 2.39. The van der Waals surface area contributed by atoms with E-state index in [4.69, 9.17) is 4.74 Å². The van der Waals surface area contributed by atoms with Gasteiger partial charge >= 0.3 is 0 Å². The van der Waals surface area contributed by atoms with E-state index in [0.29, 0.717) is 0 Å². The summed E-state index contributed by atoms with van der Waals surface area (Å²) < 4.78 is 7.92. The molecule has 0 heterocycles. The molecule has 0 radical (unpaired) electrons. The molecule has 0 fully saturated rings. The van der Waals surface area contributed by atoms with Crippen molar-refractivity contribution in [3.8, 4) is 11.5 Å². The Morgan fingerprint density at radius 1 is 0.824 bits per heavy atom. The third-order valence-electron chi connectivity index (χ3n) is 2.48. The van der Waals surface area contributed by atoms with E-state index in [1.54, 1.807) is 0 Å². The summed E-state index contributed by atoms with van der Waals surface area (Å²) in [6.07, 6.45) is 0. The Morgan fingerprint density at radius 2 is 1.59 bits per heavy atom. The van der Waals surface area contributed by atoms with Crippen LogP contribution in [-0.4, -0.2) is 0 Å². The van der Waals surface area contributed by atoms with E-state index in [9.17, 15) is 0 Å². The third kappa shape index (κ3) is 3.34. The fourth-order valence-corrected chi connectivity index (χ4v) is 3.18. The van der Waals surface area contributed by atoms with Crippen LogP contribution in [0.5, 0.6) is 11.5 Å². The lowest BCUT2D eigenvalue weighted by molar-refractivity contribution is 0.478. The Balaban J connectivity index is 2.33. The molecule has 2 aromatic carbocycles. The van der Waals surface area contributed by atoms with Gasteiger partial charge in [-0.05, 0) is 23.8 Å². The average molecular weight is 450 g/mol. The molecule has 0 spiro atoms.